The third-order valence-corrected chi connectivity index (χ3v) is 2.49. The quantitative estimate of drug-likeness (QED) is 0.601. The van der Waals surface area contributed by atoms with E-state index in [0.29, 0.717) is 12.0 Å². The van der Waals surface area contributed by atoms with Gasteiger partial charge >= 0.3 is 0 Å². The molecule has 0 atom stereocenters. The van der Waals surface area contributed by atoms with Crippen molar-refractivity contribution in [3.63, 3.8) is 0 Å². The van der Waals surface area contributed by atoms with Gasteiger partial charge in [-0.15, -0.1) is 0 Å². The zero-order valence-corrected chi connectivity index (χ0v) is 9.68. The van der Waals surface area contributed by atoms with Crippen molar-refractivity contribution in [3.05, 3.63) is 34.1 Å². The van der Waals surface area contributed by atoms with Gasteiger partial charge in [-0.2, -0.15) is 0 Å². The Morgan fingerprint density at radius 2 is 2.29 bits per heavy atom. The van der Waals surface area contributed by atoms with Crippen LogP contribution in [-0.4, -0.2) is 25.3 Å². The summed E-state index contributed by atoms with van der Waals surface area (Å²) < 4.78 is 18.2. The van der Waals surface area contributed by atoms with Crippen LogP contribution >= 0.6 is 11.6 Å². The molecule has 3 N–H and O–H groups in total. The first kappa shape index (κ1) is 13.6. The molecule has 0 aliphatic carbocycles. The lowest BCUT2D eigenvalue weighted by Crippen LogP contribution is -2.16. The molecule has 1 amide bonds. The summed E-state index contributed by atoms with van der Waals surface area (Å²) in [6.45, 7) is 0.342. The molecule has 0 saturated heterocycles. The maximum Gasteiger partial charge on any atom is 0.250 e. The molecule has 0 heterocycles. The molecule has 0 unspecified atom stereocenters. The fraction of sp³-hybridized carbons (Fsp3) is 0.273. The van der Waals surface area contributed by atoms with Crippen molar-refractivity contribution in [2.45, 2.75) is 6.42 Å². The average Bonchev–Trinajstić information content (AvgIpc) is 2.28. The minimum atomic E-state index is -0.775. The van der Waals surface area contributed by atoms with Gasteiger partial charge in [0.1, 0.15) is 5.82 Å². The topological polar surface area (TPSA) is 76.2 Å². The first-order valence-corrected chi connectivity index (χ1v) is 5.19. The van der Waals surface area contributed by atoms with Gasteiger partial charge in [0.15, 0.2) is 0 Å². The van der Waals surface area contributed by atoms with Crippen LogP contribution in [0.5, 0.6) is 0 Å². The van der Waals surface area contributed by atoms with Crippen molar-refractivity contribution >= 4 is 23.7 Å². The summed E-state index contributed by atoms with van der Waals surface area (Å²) in [4.78, 5) is 11.2. The van der Waals surface area contributed by atoms with E-state index in [9.17, 15) is 9.18 Å². The first-order valence-electron chi connectivity index (χ1n) is 4.82. The van der Waals surface area contributed by atoms with Gasteiger partial charge in [0, 0.05) is 0 Å². The molecule has 0 aliphatic heterocycles. The maximum atomic E-state index is 13.2. The van der Waals surface area contributed by atoms with E-state index in [1.165, 1.54) is 12.1 Å². The van der Waals surface area contributed by atoms with Crippen molar-refractivity contribution in [2.24, 2.45) is 5.73 Å². The highest BCUT2D eigenvalue weighted by molar-refractivity contribution is 6.34. The number of rotatable bonds is 6. The monoisotopic (exact) mass is 257 g/mol. The number of hydrogen-bond acceptors (Lipinski definition) is 3. The third-order valence-electron chi connectivity index (χ3n) is 2.12. The number of amides is 1. The Bertz CT molecular complexity index is 438. The SMILES string of the molecule is N=[C]COCCc1ccc(F)c(Cl)c1C(N)=O. The Morgan fingerprint density at radius 1 is 1.59 bits per heavy atom. The average molecular weight is 258 g/mol. The zero-order valence-electron chi connectivity index (χ0n) is 8.93. The van der Waals surface area contributed by atoms with Gasteiger partial charge in [-0.05, 0) is 18.1 Å². The van der Waals surface area contributed by atoms with E-state index in [4.69, 9.17) is 27.5 Å². The van der Waals surface area contributed by atoms with Gasteiger partial charge in [-0.3, -0.25) is 4.79 Å². The molecule has 0 fully saturated rings. The Balaban J connectivity index is 2.87. The lowest BCUT2D eigenvalue weighted by molar-refractivity contribution is 0.0998. The predicted molar refractivity (Wildman–Crippen MR) is 62.2 cm³/mol. The highest BCUT2D eigenvalue weighted by Gasteiger charge is 2.16. The number of carbonyl (C=O) groups is 1. The van der Waals surface area contributed by atoms with E-state index >= 15 is 0 Å². The summed E-state index contributed by atoms with van der Waals surface area (Å²) in [7, 11) is 0. The molecule has 0 aromatic heterocycles. The number of hydrogen-bond donors (Lipinski definition) is 2. The van der Waals surface area contributed by atoms with Crippen molar-refractivity contribution in [2.75, 3.05) is 13.2 Å². The minimum absolute atomic E-state index is 0.0194. The summed E-state index contributed by atoms with van der Waals surface area (Å²) in [6.07, 6.45) is 2.42. The van der Waals surface area contributed by atoms with E-state index < -0.39 is 11.7 Å². The van der Waals surface area contributed by atoms with Crippen molar-refractivity contribution < 1.29 is 13.9 Å². The molecule has 91 valence electrons. The summed E-state index contributed by atoms with van der Waals surface area (Å²) in [5.74, 6) is -1.46. The number of benzene rings is 1. The molecule has 1 rings (SSSR count). The Labute approximate surface area is 103 Å². The normalized spacial score (nSPS) is 10.2. The van der Waals surface area contributed by atoms with Gasteiger partial charge < -0.3 is 15.9 Å². The van der Waals surface area contributed by atoms with Crippen LogP contribution in [-0.2, 0) is 11.2 Å². The molecule has 6 heteroatoms. The summed E-state index contributed by atoms with van der Waals surface area (Å²) in [6, 6.07) is 2.62. The van der Waals surface area contributed by atoms with Crippen LogP contribution in [0, 0.1) is 11.2 Å². The van der Waals surface area contributed by atoms with Crippen molar-refractivity contribution in [3.8, 4) is 0 Å². The highest BCUT2D eigenvalue weighted by Crippen LogP contribution is 2.23. The number of halogens is 2. The third kappa shape index (κ3) is 3.51. The van der Waals surface area contributed by atoms with Gasteiger partial charge in [-0.1, -0.05) is 17.7 Å². The van der Waals surface area contributed by atoms with Gasteiger partial charge in [-0.25, -0.2) is 4.39 Å². The Kier molecular flexibility index (Phi) is 5.06. The minimum Gasteiger partial charge on any atom is -0.375 e. The fourth-order valence-electron chi connectivity index (χ4n) is 1.37. The highest BCUT2D eigenvalue weighted by atomic mass is 35.5. The Morgan fingerprint density at radius 3 is 2.88 bits per heavy atom. The summed E-state index contributed by atoms with van der Waals surface area (Å²) in [5, 5.41) is 6.37. The second kappa shape index (κ2) is 6.32. The fourth-order valence-corrected chi connectivity index (χ4v) is 1.65. The second-order valence-electron chi connectivity index (χ2n) is 3.24. The predicted octanol–water partition coefficient (Wildman–Crippen LogP) is 1.66. The van der Waals surface area contributed by atoms with Crippen molar-refractivity contribution in [1.82, 2.24) is 0 Å². The van der Waals surface area contributed by atoms with E-state index in [1.54, 1.807) is 0 Å². The molecule has 0 spiro atoms. The standard InChI is InChI=1S/C11H11ClFN2O2/c12-10-8(13)2-1-7(9(10)11(15)16)3-5-17-6-4-14/h1-2,14H,3,5-6H2,(H2,15,16). The zero-order chi connectivity index (χ0) is 12.8. The summed E-state index contributed by atoms with van der Waals surface area (Å²) >= 11 is 5.67. The van der Waals surface area contributed by atoms with Gasteiger partial charge in [0.25, 0.3) is 5.91 Å². The molecular formula is C11H11ClFN2O2. The van der Waals surface area contributed by atoms with Crippen LogP contribution in [0.4, 0.5) is 4.39 Å². The largest absolute Gasteiger partial charge is 0.375 e. The molecule has 0 saturated carbocycles. The number of carbonyl (C=O) groups excluding carboxylic acids is 1. The van der Waals surface area contributed by atoms with Crippen molar-refractivity contribution in [1.29, 1.82) is 5.41 Å². The molecule has 17 heavy (non-hydrogen) atoms. The number of nitrogens with two attached hydrogens (primary N) is 1. The molecule has 1 aromatic carbocycles. The van der Waals surface area contributed by atoms with Crippen LogP contribution in [0.25, 0.3) is 0 Å². The van der Waals surface area contributed by atoms with Crippen LogP contribution < -0.4 is 5.73 Å². The molecular weight excluding hydrogens is 247 g/mol. The number of primary amides is 1. The Hall–Kier alpha value is -1.46. The van der Waals surface area contributed by atoms with Crippen LogP contribution in [0.2, 0.25) is 5.02 Å². The molecule has 1 aromatic rings. The second-order valence-corrected chi connectivity index (χ2v) is 3.62. The van der Waals surface area contributed by atoms with E-state index in [2.05, 4.69) is 6.21 Å². The van der Waals surface area contributed by atoms with Crippen LogP contribution in [0.15, 0.2) is 12.1 Å². The van der Waals surface area contributed by atoms with Gasteiger partial charge in [0.2, 0.25) is 0 Å². The van der Waals surface area contributed by atoms with E-state index in [1.807, 2.05) is 0 Å². The lowest BCUT2D eigenvalue weighted by atomic mass is 10.0. The summed E-state index contributed by atoms with van der Waals surface area (Å²) in [5.41, 5.74) is 5.64. The van der Waals surface area contributed by atoms with Crippen LogP contribution in [0.3, 0.4) is 0 Å². The number of nitrogens with one attached hydrogen (secondary N) is 1. The number of ether oxygens (including phenoxy) is 1. The molecule has 4 nitrogen and oxygen atoms in total. The smallest absolute Gasteiger partial charge is 0.250 e. The molecule has 0 aliphatic rings. The first-order chi connectivity index (χ1) is 8.07. The van der Waals surface area contributed by atoms with Crippen LogP contribution in [0.1, 0.15) is 15.9 Å². The lowest BCUT2D eigenvalue weighted by Gasteiger charge is -2.09. The maximum absolute atomic E-state index is 13.2. The molecule has 0 bridgehead atoms. The molecule has 1 radical (unpaired) electrons. The van der Waals surface area contributed by atoms with Gasteiger partial charge in [0.05, 0.1) is 30.0 Å². The van der Waals surface area contributed by atoms with E-state index in [-0.39, 0.29) is 23.8 Å². The van der Waals surface area contributed by atoms with E-state index in [0.717, 1.165) is 0 Å².